The van der Waals surface area contributed by atoms with Gasteiger partial charge in [-0.15, -0.1) is 12.4 Å². The SMILES string of the molecule is Cl.OCCC[C@@H](c1cc(F)cc(Cl)c1)N1CCNCC1. The van der Waals surface area contributed by atoms with Crippen LogP contribution < -0.4 is 5.32 Å². The van der Waals surface area contributed by atoms with E-state index in [0.29, 0.717) is 11.4 Å². The van der Waals surface area contributed by atoms with Crippen molar-refractivity contribution in [2.75, 3.05) is 32.8 Å². The Morgan fingerprint density at radius 1 is 1.30 bits per heavy atom. The van der Waals surface area contributed by atoms with Gasteiger partial charge in [-0.25, -0.2) is 4.39 Å². The predicted molar refractivity (Wildman–Crippen MR) is 82.2 cm³/mol. The third-order valence-electron chi connectivity index (χ3n) is 3.50. The Hall–Kier alpha value is -0.390. The number of halogens is 3. The van der Waals surface area contributed by atoms with Gasteiger partial charge in [0.1, 0.15) is 5.82 Å². The van der Waals surface area contributed by atoms with Crippen LogP contribution in [0.2, 0.25) is 5.02 Å². The highest BCUT2D eigenvalue weighted by molar-refractivity contribution is 6.30. The maximum atomic E-state index is 13.5. The maximum Gasteiger partial charge on any atom is 0.125 e. The third-order valence-corrected chi connectivity index (χ3v) is 3.72. The van der Waals surface area contributed by atoms with E-state index in [2.05, 4.69) is 10.2 Å². The average Bonchev–Trinajstić information content (AvgIpc) is 2.39. The summed E-state index contributed by atoms with van der Waals surface area (Å²) in [5.74, 6) is -0.299. The van der Waals surface area contributed by atoms with E-state index in [-0.39, 0.29) is 30.9 Å². The van der Waals surface area contributed by atoms with Crippen molar-refractivity contribution < 1.29 is 9.50 Å². The Kier molecular flexibility index (Phi) is 7.77. The second kappa shape index (κ2) is 8.80. The molecule has 0 spiro atoms. The van der Waals surface area contributed by atoms with E-state index in [1.165, 1.54) is 6.07 Å². The summed E-state index contributed by atoms with van der Waals surface area (Å²) in [6.45, 7) is 3.91. The lowest BCUT2D eigenvalue weighted by Crippen LogP contribution is -2.45. The molecule has 3 nitrogen and oxygen atoms in total. The Labute approximate surface area is 130 Å². The molecule has 1 atom stereocenters. The van der Waals surface area contributed by atoms with Gasteiger partial charge in [-0.05, 0) is 36.6 Å². The molecule has 0 saturated carbocycles. The van der Waals surface area contributed by atoms with Crippen molar-refractivity contribution in [1.82, 2.24) is 10.2 Å². The van der Waals surface area contributed by atoms with Crippen molar-refractivity contribution >= 4 is 24.0 Å². The van der Waals surface area contributed by atoms with Gasteiger partial charge in [0.15, 0.2) is 0 Å². The number of nitrogens with zero attached hydrogens (tertiary/aromatic N) is 1. The number of nitrogens with one attached hydrogen (secondary N) is 1. The third kappa shape index (κ3) is 4.86. The summed E-state index contributed by atoms with van der Waals surface area (Å²) >= 11 is 5.95. The van der Waals surface area contributed by atoms with Crippen molar-refractivity contribution in [3.8, 4) is 0 Å². The smallest absolute Gasteiger partial charge is 0.125 e. The van der Waals surface area contributed by atoms with E-state index >= 15 is 0 Å². The quantitative estimate of drug-likeness (QED) is 0.874. The summed E-state index contributed by atoms with van der Waals surface area (Å²) in [4.78, 5) is 2.33. The molecule has 6 heteroatoms. The molecule has 0 bridgehead atoms. The lowest BCUT2D eigenvalue weighted by Gasteiger charge is -2.35. The van der Waals surface area contributed by atoms with Crippen LogP contribution in [0, 0.1) is 5.82 Å². The second-order valence-electron chi connectivity index (χ2n) is 4.87. The van der Waals surface area contributed by atoms with Crippen molar-refractivity contribution in [3.63, 3.8) is 0 Å². The van der Waals surface area contributed by atoms with Gasteiger partial charge >= 0.3 is 0 Å². The molecule has 2 rings (SSSR count). The van der Waals surface area contributed by atoms with Crippen LogP contribution in [0.25, 0.3) is 0 Å². The molecule has 20 heavy (non-hydrogen) atoms. The number of aliphatic hydroxyl groups is 1. The first kappa shape index (κ1) is 17.7. The Balaban J connectivity index is 0.00000200. The molecule has 0 aliphatic carbocycles. The Bertz CT molecular complexity index is 394. The lowest BCUT2D eigenvalue weighted by molar-refractivity contribution is 0.154. The van der Waals surface area contributed by atoms with Crippen molar-refractivity contribution in [1.29, 1.82) is 0 Å². The number of piperazine rings is 1. The second-order valence-corrected chi connectivity index (χ2v) is 5.31. The molecule has 114 valence electrons. The van der Waals surface area contributed by atoms with Crippen LogP contribution in [-0.4, -0.2) is 42.8 Å². The van der Waals surface area contributed by atoms with Crippen LogP contribution >= 0.6 is 24.0 Å². The van der Waals surface area contributed by atoms with Crippen molar-refractivity contribution in [3.05, 3.63) is 34.6 Å². The van der Waals surface area contributed by atoms with Crippen molar-refractivity contribution in [2.45, 2.75) is 18.9 Å². The molecule has 1 aliphatic rings. The zero-order valence-corrected chi connectivity index (χ0v) is 12.9. The molecule has 0 aromatic heterocycles. The maximum absolute atomic E-state index is 13.5. The highest BCUT2D eigenvalue weighted by Crippen LogP contribution is 2.28. The molecule has 2 N–H and O–H groups in total. The fourth-order valence-electron chi connectivity index (χ4n) is 2.61. The largest absolute Gasteiger partial charge is 0.396 e. The standard InChI is InChI=1S/C14H20ClFN2O.ClH/c15-12-8-11(9-13(16)10-12)14(2-1-7-19)18-5-3-17-4-6-18;/h8-10,14,17,19H,1-7H2;1H/t14-;/m0./s1. The Morgan fingerprint density at radius 3 is 2.60 bits per heavy atom. The van der Waals surface area contributed by atoms with Crippen molar-refractivity contribution in [2.24, 2.45) is 0 Å². The van der Waals surface area contributed by atoms with Crippen LogP contribution in [0.15, 0.2) is 18.2 Å². The molecule has 0 unspecified atom stereocenters. The highest BCUT2D eigenvalue weighted by Gasteiger charge is 2.22. The van der Waals surface area contributed by atoms with Gasteiger partial charge in [-0.2, -0.15) is 0 Å². The number of rotatable bonds is 5. The molecule has 1 aromatic carbocycles. The zero-order chi connectivity index (χ0) is 13.7. The normalized spacial score (nSPS) is 17.6. The van der Waals surface area contributed by atoms with Crippen LogP contribution in [0.3, 0.4) is 0 Å². The van der Waals surface area contributed by atoms with Gasteiger partial charge in [-0.1, -0.05) is 11.6 Å². The van der Waals surface area contributed by atoms with Crippen LogP contribution in [0.4, 0.5) is 4.39 Å². The first-order valence-electron chi connectivity index (χ1n) is 6.72. The topological polar surface area (TPSA) is 35.5 Å². The monoisotopic (exact) mass is 322 g/mol. The minimum Gasteiger partial charge on any atom is -0.396 e. The molecule has 1 fully saturated rings. The molecule has 1 aromatic rings. The zero-order valence-electron chi connectivity index (χ0n) is 11.3. The number of hydrogen-bond donors (Lipinski definition) is 2. The predicted octanol–water partition coefficient (Wildman–Crippen LogP) is 2.62. The van der Waals surface area contributed by atoms with E-state index in [1.54, 1.807) is 6.07 Å². The van der Waals surface area contributed by atoms with Gasteiger partial charge < -0.3 is 10.4 Å². The molecule has 1 heterocycles. The fraction of sp³-hybridized carbons (Fsp3) is 0.571. The summed E-state index contributed by atoms with van der Waals surface area (Å²) in [7, 11) is 0. The molecule has 0 radical (unpaired) electrons. The first-order valence-corrected chi connectivity index (χ1v) is 7.10. The summed E-state index contributed by atoms with van der Waals surface area (Å²) < 4.78 is 13.5. The fourth-order valence-corrected chi connectivity index (χ4v) is 2.84. The van der Waals surface area contributed by atoms with Gasteiger partial charge in [0.05, 0.1) is 0 Å². The van der Waals surface area contributed by atoms with E-state index in [0.717, 1.165) is 38.2 Å². The minimum atomic E-state index is -0.299. The Morgan fingerprint density at radius 2 is 2.00 bits per heavy atom. The van der Waals surface area contributed by atoms with E-state index < -0.39 is 0 Å². The number of benzene rings is 1. The van der Waals surface area contributed by atoms with Gasteiger partial charge in [-0.3, -0.25) is 4.90 Å². The van der Waals surface area contributed by atoms with Gasteiger partial charge in [0.2, 0.25) is 0 Å². The van der Waals surface area contributed by atoms with Crippen LogP contribution in [0.1, 0.15) is 24.4 Å². The molecule has 1 aliphatic heterocycles. The van der Waals surface area contributed by atoms with Gasteiger partial charge in [0.25, 0.3) is 0 Å². The average molecular weight is 323 g/mol. The van der Waals surface area contributed by atoms with Gasteiger partial charge in [0, 0.05) is 43.9 Å². The number of hydrogen-bond acceptors (Lipinski definition) is 3. The van der Waals surface area contributed by atoms with Crippen LogP contribution in [0.5, 0.6) is 0 Å². The summed E-state index contributed by atoms with van der Waals surface area (Å²) in [6, 6.07) is 4.83. The molecule has 1 saturated heterocycles. The van der Waals surface area contributed by atoms with E-state index in [1.807, 2.05) is 6.07 Å². The summed E-state index contributed by atoms with van der Waals surface area (Å²) in [5.41, 5.74) is 0.903. The summed E-state index contributed by atoms with van der Waals surface area (Å²) in [6.07, 6.45) is 1.53. The first-order chi connectivity index (χ1) is 9.20. The summed E-state index contributed by atoms with van der Waals surface area (Å²) in [5, 5.41) is 12.8. The number of aliphatic hydroxyl groups excluding tert-OH is 1. The van der Waals surface area contributed by atoms with E-state index in [4.69, 9.17) is 16.7 Å². The van der Waals surface area contributed by atoms with Crippen LogP contribution in [-0.2, 0) is 0 Å². The molecular weight excluding hydrogens is 302 g/mol. The molecular formula is C14H21Cl2FN2O. The highest BCUT2D eigenvalue weighted by atomic mass is 35.5. The lowest BCUT2D eigenvalue weighted by atomic mass is 9.99. The molecule has 0 amide bonds. The van der Waals surface area contributed by atoms with E-state index in [9.17, 15) is 4.39 Å². The minimum absolute atomic E-state index is 0.